The highest BCUT2D eigenvalue weighted by Gasteiger charge is 2.13. The van der Waals surface area contributed by atoms with Crippen LogP contribution in [0.4, 0.5) is 0 Å². The Balaban J connectivity index is 1.49. The molecule has 0 fully saturated rings. The van der Waals surface area contributed by atoms with Crippen LogP contribution in [0.1, 0.15) is 11.5 Å². The van der Waals surface area contributed by atoms with Crippen molar-refractivity contribution in [3.63, 3.8) is 0 Å². The first kappa shape index (κ1) is 16.8. The maximum atomic E-state index is 12.4. The van der Waals surface area contributed by atoms with Gasteiger partial charge in [-0.2, -0.15) is 5.10 Å². The van der Waals surface area contributed by atoms with Crippen LogP contribution in [0.15, 0.2) is 69.1 Å². The van der Waals surface area contributed by atoms with Gasteiger partial charge < -0.3 is 9.40 Å². The third-order valence-electron chi connectivity index (χ3n) is 4.41. The lowest BCUT2D eigenvalue weighted by Crippen LogP contribution is -2.09. The van der Waals surface area contributed by atoms with Crippen LogP contribution in [0.25, 0.3) is 27.8 Å². The average molecular weight is 389 g/mol. The summed E-state index contributed by atoms with van der Waals surface area (Å²) in [6, 6.07) is 15.4. The van der Waals surface area contributed by atoms with Crippen molar-refractivity contribution >= 4 is 33.9 Å². The average Bonchev–Trinajstić information content (AvgIpc) is 3.32. The van der Waals surface area contributed by atoms with Crippen LogP contribution in [0.2, 0.25) is 0 Å². The second kappa shape index (κ2) is 6.65. The van der Waals surface area contributed by atoms with Gasteiger partial charge in [-0.05, 0) is 30.7 Å². The normalized spacial score (nSPS) is 11.5. The quantitative estimate of drug-likeness (QED) is 0.371. The number of oxazole rings is 1. The Morgan fingerprint density at radius 2 is 1.96 bits per heavy atom. The smallest absolute Gasteiger partial charge is 0.262 e. The summed E-state index contributed by atoms with van der Waals surface area (Å²) in [7, 11) is 0. The number of aromatic nitrogens is 5. The van der Waals surface area contributed by atoms with Crippen LogP contribution in [-0.2, 0) is 5.75 Å². The number of H-pyrrole nitrogens is 1. The minimum Gasteiger partial charge on any atom is -0.440 e. The van der Waals surface area contributed by atoms with Gasteiger partial charge in [0.1, 0.15) is 10.9 Å². The summed E-state index contributed by atoms with van der Waals surface area (Å²) in [4.78, 5) is 24.4. The lowest BCUT2D eigenvalue weighted by Gasteiger charge is -2.03. The molecule has 138 valence electrons. The number of hydrogen-bond donors (Lipinski definition) is 1. The molecule has 0 atom stereocenters. The van der Waals surface area contributed by atoms with Crippen molar-refractivity contribution in [2.75, 3.05) is 0 Å². The molecule has 0 radical (unpaired) electrons. The molecule has 0 aliphatic carbocycles. The Bertz CT molecular complexity index is 1350. The maximum absolute atomic E-state index is 12.4. The molecule has 28 heavy (non-hydrogen) atoms. The molecule has 0 spiro atoms. The molecular weight excluding hydrogens is 374 g/mol. The topological polar surface area (TPSA) is 89.6 Å². The fourth-order valence-corrected chi connectivity index (χ4v) is 3.75. The minimum absolute atomic E-state index is 0.219. The zero-order valence-electron chi connectivity index (χ0n) is 14.9. The van der Waals surface area contributed by atoms with Gasteiger partial charge in [0.05, 0.1) is 17.6 Å². The fourth-order valence-electron chi connectivity index (χ4n) is 3.05. The number of aromatic amines is 1. The molecule has 0 aliphatic heterocycles. The first-order valence-corrected chi connectivity index (χ1v) is 9.69. The summed E-state index contributed by atoms with van der Waals surface area (Å²) in [5.41, 5.74) is 3.83. The van der Waals surface area contributed by atoms with E-state index in [1.165, 1.54) is 18.0 Å². The van der Waals surface area contributed by atoms with Crippen molar-refractivity contribution in [2.24, 2.45) is 0 Å². The molecule has 2 aromatic carbocycles. The van der Waals surface area contributed by atoms with Crippen LogP contribution in [0, 0.1) is 6.92 Å². The van der Waals surface area contributed by atoms with E-state index in [0.717, 1.165) is 22.4 Å². The number of para-hydroxylation sites is 2. The second-order valence-electron chi connectivity index (χ2n) is 6.32. The van der Waals surface area contributed by atoms with Gasteiger partial charge in [0.25, 0.3) is 5.56 Å². The van der Waals surface area contributed by atoms with E-state index in [9.17, 15) is 4.79 Å². The van der Waals surface area contributed by atoms with Crippen LogP contribution in [-0.4, -0.2) is 24.7 Å². The number of benzene rings is 2. The van der Waals surface area contributed by atoms with E-state index in [0.29, 0.717) is 27.8 Å². The number of aryl methyl sites for hydroxylation is 1. The van der Waals surface area contributed by atoms with Crippen molar-refractivity contribution in [3.05, 3.63) is 76.5 Å². The molecule has 3 heterocycles. The Morgan fingerprint density at radius 3 is 2.79 bits per heavy atom. The van der Waals surface area contributed by atoms with E-state index in [1.54, 1.807) is 4.68 Å². The second-order valence-corrected chi connectivity index (χ2v) is 7.28. The maximum Gasteiger partial charge on any atom is 0.262 e. The Morgan fingerprint density at radius 1 is 1.11 bits per heavy atom. The van der Waals surface area contributed by atoms with E-state index in [1.807, 2.05) is 55.5 Å². The van der Waals surface area contributed by atoms with Gasteiger partial charge in [-0.25, -0.2) is 14.6 Å². The molecule has 5 rings (SSSR count). The highest BCUT2D eigenvalue weighted by Crippen LogP contribution is 2.24. The van der Waals surface area contributed by atoms with Crippen LogP contribution < -0.4 is 5.56 Å². The van der Waals surface area contributed by atoms with Crippen molar-refractivity contribution < 1.29 is 4.42 Å². The lowest BCUT2D eigenvalue weighted by molar-refractivity contribution is 0.556. The summed E-state index contributed by atoms with van der Waals surface area (Å²) in [6.45, 7) is 2.00. The molecule has 1 N–H and O–H groups in total. The van der Waals surface area contributed by atoms with Gasteiger partial charge in [-0.1, -0.05) is 42.1 Å². The molecular formula is C20H15N5O2S. The Labute approximate surface area is 163 Å². The summed E-state index contributed by atoms with van der Waals surface area (Å²) < 4.78 is 7.46. The first-order chi connectivity index (χ1) is 13.7. The zero-order chi connectivity index (χ0) is 19.1. The predicted molar refractivity (Wildman–Crippen MR) is 108 cm³/mol. The Kier molecular flexibility index (Phi) is 3.98. The summed E-state index contributed by atoms with van der Waals surface area (Å²) in [5.74, 6) is 1.05. The van der Waals surface area contributed by atoms with E-state index in [2.05, 4.69) is 20.1 Å². The van der Waals surface area contributed by atoms with Crippen molar-refractivity contribution in [3.8, 4) is 5.69 Å². The van der Waals surface area contributed by atoms with Gasteiger partial charge in [0.2, 0.25) is 5.89 Å². The largest absolute Gasteiger partial charge is 0.440 e. The lowest BCUT2D eigenvalue weighted by atomic mass is 10.2. The monoisotopic (exact) mass is 389 g/mol. The molecule has 8 heteroatoms. The van der Waals surface area contributed by atoms with Gasteiger partial charge in [-0.3, -0.25) is 4.79 Å². The van der Waals surface area contributed by atoms with Crippen molar-refractivity contribution in [1.82, 2.24) is 24.7 Å². The van der Waals surface area contributed by atoms with E-state index < -0.39 is 0 Å². The molecule has 0 unspecified atom stereocenters. The molecule has 0 bridgehead atoms. The molecule has 0 amide bonds. The number of nitrogens with zero attached hydrogens (tertiary/aromatic N) is 4. The minimum atomic E-state index is -0.219. The zero-order valence-corrected chi connectivity index (χ0v) is 15.7. The highest BCUT2D eigenvalue weighted by molar-refractivity contribution is 7.98. The number of nitrogens with one attached hydrogen (secondary N) is 1. The van der Waals surface area contributed by atoms with Crippen LogP contribution >= 0.6 is 11.8 Å². The van der Waals surface area contributed by atoms with Gasteiger partial charge in [0.15, 0.2) is 16.4 Å². The SMILES string of the molecule is Cc1cccc2oc(CSc3nc4c(cnn4-c4ccccc4)c(=O)[nH]3)nc12. The molecule has 7 nitrogen and oxygen atoms in total. The van der Waals surface area contributed by atoms with Crippen LogP contribution in [0.5, 0.6) is 0 Å². The van der Waals surface area contributed by atoms with Crippen LogP contribution in [0.3, 0.4) is 0 Å². The number of fused-ring (bicyclic) bond motifs is 2. The number of thioether (sulfide) groups is 1. The van der Waals surface area contributed by atoms with E-state index >= 15 is 0 Å². The third-order valence-corrected chi connectivity index (χ3v) is 5.27. The standard InChI is InChI=1S/C20H15N5O2S/c1-12-6-5-9-15-17(12)22-16(27-15)11-28-20-23-18-14(19(26)24-20)10-21-25(18)13-7-3-2-4-8-13/h2-10H,11H2,1H3,(H,23,24,26). The van der Waals surface area contributed by atoms with Gasteiger partial charge in [0, 0.05) is 0 Å². The Hall–Kier alpha value is -3.39. The molecule has 3 aromatic heterocycles. The van der Waals surface area contributed by atoms with Crippen molar-refractivity contribution in [1.29, 1.82) is 0 Å². The summed E-state index contributed by atoms with van der Waals surface area (Å²) in [6.07, 6.45) is 1.53. The number of hydrogen-bond acceptors (Lipinski definition) is 6. The number of rotatable bonds is 4. The molecule has 5 aromatic rings. The van der Waals surface area contributed by atoms with Crippen molar-refractivity contribution in [2.45, 2.75) is 17.8 Å². The van der Waals surface area contributed by atoms with Gasteiger partial charge in [-0.15, -0.1) is 0 Å². The first-order valence-electron chi connectivity index (χ1n) is 8.70. The van der Waals surface area contributed by atoms with E-state index in [4.69, 9.17) is 4.42 Å². The molecule has 0 saturated heterocycles. The van der Waals surface area contributed by atoms with Gasteiger partial charge >= 0.3 is 0 Å². The fraction of sp³-hybridized carbons (Fsp3) is 0.100. The molecule has 0 saturated carbocycles. The molecule has 0 aliphatic rings. The third kappa shape index (κ3) is 2.87. The summed E-state index contributed by atoms with van der Waals surface area (Å²) >= 11 is 1.37. The highest BCUT2D eigenvalue weighted by atomic mass is 32.2. The predicted octanol–water partition coefficient (Wildman–Crippen LogP) is 3.85. The van der Waals surface area contributed by atoms with E-state index in [-0.39, 0.29) is 5.56 Å². The summed E-state index contributed by atoms with van der Waals surface area (Å²) in [5, 5.41) is 5.26.